The molecule has 4 unspecified atom stereocenters. The fourth-order valence-electron chi connectivity index (χ4n) is 2.76. The Bertz CT molecular complexity index is 837. The second-order valence-electron chi connectivity index (χ2n) is 7.37. The van der Waals surface area contributed by atoms with Crippen molar-refractivity contribution in [1.82, 2.24) is 16.0 Å². The highest BCUT2D eigenvalue weighted by atomic mass is 32.2. The lowest BCUT2D eigenvalue weighted by atomic mass is 10.0. The lowest BCUT2D eigenvalue weighted by Crippen LogP contribution is -2.57. The fraction of sp³-hybridized carbons (Fsp3) is 0.476. The van der Waals surface area contributed by atoms with Crippen molar-refractivity contribution in [2.24, 2.45) is 5.73 Å². The van der Waals surface area contributed by atoms with Crippen LogP contribution in [0.3, 0.4) is 0 Å². The van der Waals surface area contributed by atoms with E-state index in [-0.39, 0.29) is 6.42 Å². The monoisotopic (exact) mass is 482 g/mol. The molecule has 0 aliphatic carbocycles. The molecule has 1 aromatic carbocycles. The van der Waals surface area contributed by atoms with E-state index in [0.29, 0.717) is 17.7 Å². The van der Waals surface area contributed by atoms with Crippen LogP contribution in [0, 0.1) is 0 Å². The van der Waals surface area contributed by atoms with E-state index in [1.54, 1.807) is 30.3 Å². The number of carboxylic acids is 2. The highest BCUT2D eigenvalue weighted by Gasteiger charge is 2.30. The Morgan fingerprint density at radius 3 is 2.09 bits per heavy atom. The van der Waals surface area contributed by atoms with E-state index in [2.05, 4.69) is 16.0 Å². The topological polar surface area (TPSA) is 188 Å². The Morgan fingerprint density at radius 1 is 0.939 bits per heavy atom. The summed E-state index contributed by atoms with van der Waals surface area (Å²) in [5.74, 6) is -4.30. The molecule has 0 fully saturated rings. The molecule has 182 valence electrons. The summed E-state index contributed by atoms with van der Waals surface area (Å²) in [5, 5.41) is 25.2. The average Bonchev–Trinajstić information content (AvgIpc) is 2.76. The van der Waals surface area contributed by atoms with Crippen LogP contribution < -0.4 is 21.7 Å². The number of thioether (sulfide) groups is 1. The van der Waals surface area contributed by atoms with E-state index in [0.717, 1.165) is 0 Å². The van der Waals surface area contributed by atoms with Gasteiger partial charge in [-0.05, 0) is 30.9 Å². The zero-order chi connectivity index (χ0) is 25.0. The van der Waals surface area contributed by atoms with Crippen LogP contribution in [0.15, 0.2) is 30.3 Å². The molecule has 11 nitrogen and oxygen atoms in total. The molecule has 0 saturated heterocycles. The van der Waals surface area contributed by atoms with Crippen molar-refractivity contribution in [2.75, 3.05) is 12.0 Å². The molecule has 0 aliphatic heterocycles. The third-order valence-electron chi connectivity index (χ3n) is 4.63. The Morgan fingerprint density at radius 2 is 1.55 bits per heavy atom. The average molecular weight is 483 g/mol. The maximum atomic E-state index is 12.8. The summed E-state index contributed by atoms with van der Waals surface area (Å²) < 4.78 is 0. The predicted octanol–water partition coefficient (Wildman–Crippen LogP) is -0.657. The molecule has 12 heteroatoms. The van der Waals surface area contributed by atoms with Crippen LogP contribution in [0.2, 0.25) is 0 Å². The third kappa shape index (κ3) is 10.4. The maximum Gasteiger partial charge on any atom is 0.326 e. The molecule has 7 N–H and O–H groups in total. The van der Waals surface area contributed by atoms with Gasteiger partial charge >= 0.3 is 11.9 Å². The van der Waals surface area contributed by atoms with Gasteiger partial charge in [-0.1, -0.05) is 30.3 Å². The van der Waals surface area contributed by atoms with Crippen LogP contribution in [0.25, 0.3) is 0 Å². The number of amides is 3. The van der Waals surface area contributed by atoms with E-state index in [9.17, 15) is 29.1 Å². The molecule has 1 aromatic rings. The molecular weight excluding hydrogens is 452 g/mol. The number of benzene rings is 1. The smallest absolute Gasteiger partial charge is 0.326 e. The molecule has 0 aliphatic rings. The van der Waals surface area contributed by atoms with E-state index in [4.69, 9.17) is 10.8 Å². The summed E-state index contributed by atoms with van der Waals surface area (Å²) in [7, 11) is 0. The molecule has 1 rings (SSSR count). The van der Waals surface area contributed by atoms with Crippen LogP contribution in [0.1, 0.15) is 25.3 Å². The van der Waals surface area contributed by atoms with Gasteiger partial charge in [-0.25, -0.2) is 4.79 Å². The van der Waals surface area contributed by atoms with E-state index in [1.165, 1.54) is 18.7 Å². The summed E-state index contributed by atoms with van der Waals surface area (Å²) in [6.45, 7) is 1.43. The molecule has 0 spiro atoms. The quantitative estimate of drug-likeness (QED) is 0.200. The Labute approximate surface area is 195 Å². The summed E-state index contributed by atoms with van der Waals surface area (Å²) in [5.41, 5.74) is 6.48. The van der Waals surface area contributed by atoms with Crippen LogP contribution in [0.5, 0.6) is 0 Å². The molecule has 0 saturated carbocycles. The number of carboxylic acid groups (broad SMARTS) is 2. The van der Waals surface area contributed by atoms with Gasteiger partial charge in [0.1, 0.15) is 18.1 Å². The second-order valence-corrected chi connectivity index (χ2v) is 8.35. The zero-order valence-electron chi connectivity index (χ0n) is 18.4. The first-order valence-corrected chi connectivity index (χ1v) is 11.6. The van der Waals surface area contributed by atoms with E-state index >= 15 is 0 Å². The lowest BCUT2D eigenvalue weighted by molar-refractivity contribution is -0.147. The molecule has 0 bridgehead atoms. The summed E-state index contributed by atoms with van der Waals surface area (Å²) in [6.07, 6.45) is 1.50. The van der Waals surface area contributed by atoms with Gasteiger partial charge in [0.25, 0.3) is 0 Å². The fourth-order valence-corrected chi connectivity index (χ4v) is 3.25. The van der Waals surface area contributed by atoms with E-state index in [1.807, 2.05) is 6.26 Å². The number of carbonyl (C=O) groups excluding carboxylic acids is 3. The van der Waals surface area contributed by atoms with Gasteiger partial charge in [-0.15, -0.1) is 0 Å². The molecule has 4 atom stereocenters. The highest BCUT2D eigenvalue weighted by Crippen LogP contribution is 2.06. The van der Waals surface area contributed by atoms with Gasteiger partial charge in [-0.3, -0.25) is 19.2 Å². The molecule has 33 heavy (non-hydrogen) atoms. The first-order chi connectivity index (χ1) is 15.5. The Kier molecular flexibility index (Phi) is 11.9. The normalized spacial score (nSPS) is 14.3. The first kappa shape index (κ1) is 27.9. The minimum Gasteiger partial charge on any atom is -0.481 e. The van der Waals surface area contributed by atoms with Gasteiger partial charge < -0.3 is 31.9 Å². The number of hydrogen-bond donors (Lipinski definition) is 6. The van der Waals surface area contributed by atoms with E-state index < -0.39 is 60.2 Å². The van der Waals surface area contributed by atoms with Crippen LogP contribution in [0.4, 0.5) is 0 Å². The minimum atomic E-state index is -1.67. The van der Waals surface area contributed by atoms with Gasteiger partial charge in [0.05, 0.1) is 12.5 Å². The summed E-state index contributed by atoms with van der Waals surface area (Å²) in [4.78, 5) is 59.8. The minimum absolute atomic E-state index is 0.0196. The first-order valence-electron chi connectivity index (χ1n) is 10.2. The van der Waals surface area contributed by atoms with Gasteiger partial charge in [0, 0.05) is 6.42 Å². The van der Waals surface area contributed by atoms with Gasteiger partial charge in [-0.2, -0.15) is 11.8 Å². The number of nitrogens with one attached hydrogen (secondary N) is 3. The van der Waals surface area contributed by atoms with Crippen molar-refractivity contribution in [3.8, 4) is 0 Å². The van der Waals surface area contributed by atoms with Crippen molar-refractivity contribution in [3.63, 3.8) is 0 Å². The van der Waals surface area contributed by atoms with Crippen LogP contribution >= 0.6 is 11.8 Å². The molecular formula is C21H30N4O7S. The molecule has 3 amide bonds. The molecule has 0 radical (unpaired) electrons. The Balaban J connectivity index is 2.91. The summed E-state index contributed by atoms with van der Waals surface area (Å²) >= 11 is 1.53. The number of carbonyl (C=O) groups is 5. The summed E-state index contributed by atoms with van der Waals surface area (Å²) in [6, 6.07) is 3.98. The molecule has 0 heterocycles. The highest BCUT2D eigenvalue weighted by molar-refractivity contribution is 7.98. The van der Waals surface area contributed by atoms with Crippen molar-refractivity contribution < 1.29 is 34.2 Å². The van der Waals surface area contributed by atoms with Crippen LogP contribution in [-0.4, -0.2) is 76.0 Å². The molecule has 0 aromatic heterocycles. The zero-order valence-corrected chi connectivity index (χ0v) is 19.3. The predicted molar refractivity (Wildman–Crippen MR) is 122 cm³/mol. The number of nitrogens with two attached hydrogens (primary N) is 1. The largest absolute Gasteiger partial charge is 0.481 e. The maximum absolute atomic E-state index is 12.8. The van der Waals surface area contributed by atoms with Crippen LogP contribution in [-0.2, 0) is 30.4 Å². The number of rotatable bonds is 14. The number of aliphatic carboxylic acids is 2. The van der Waals surface area contributed by atoms with Crippen molar-refractivity contribution in [3.05, 3.63) is 35.9 Å². The van der Waals surface area contributed by atoms with Crippen molar-refractivity contribution in [2.45, 2.75) is 50.4 Å². The number of hydrogen-bond acceptors (Lipinski definition) is 7. The Hall–Kier alpha value is -3.12. The van der Waals surface area contributed by atoms with Crippen molar-refractivity contribution in [1.29, 1.82) is 0 Å². The third-order valence-corrected chi connectivity index (χ3v) is 5.27. The second kappa shape index (κ2) is 14.1. The van der Waals surface area contributed by atoms with Crippen molar-refractivity contribution >= 4 is 41.4 Å². The standard InChI is InChI=1S/C21H30N4O7S/c1-12(23-19(29)14(22)8-9-33-2)18(28)24-15(10-13-6-4-3-5-7-13)20(30)25-16(21(31)32)11-17(26)27/h3-7,12,14-16H,8-11,22H2,1-2H3,(H,23,29)(H,24,28)(H,25,30)(H,26,27)(H,31,32). The van der Waals surface area contributed by atoms with Gasteiger partial charge in [0.2, 0.25) is 17.7 Å². The SMILES string of the molecule is CSCCC(N)C(=O)NC(C)C(=O)NC(Cc1ccccc1)C(=O)NC(CC(=O)O)C(=O)O. The lowest BCUT2D eigenvalue weighted by Gasteiger charge is -2.23. The van der Waals surface area contributed by atoms with Gasteiger partial charge in [0.15, 0.2) is 0 Å².